The molecule has 2 aliphatic rings. The highest BCUT2D eigenvalue weighted by atomic mass is 16.5. The Morgan fingerprint density at radius 3 is 2.48 bits per heavy atom. The third-order valence-electron chi connectivity index (χ3n) is 7.94. The van der Waals surface area contributed by atoms with Gasteiger partial charge in [-0.3, -0.25) is 9.69 Å². The van der Waals surface area contributed by atoms with Crippen LogP contribution in [0.3, 0.4) is 0 Å². The van der Waals surface area contributed by atoms with Crippen LogP contribution in [0.25, 0.3) is 5.57 Å². The van der Waals surface area contributed by atoms with Gasteiger partial charge in [-0.25, -0.2) is 9.78 Å². The van der Waals surface area contributed by atoms with Crippen LogP contribution in [0.4, 0.5) is 5.82 Å². The number of allylic oxidation sites excluding steroid dienone is 4. The minimum Gasteiger partial charge on any atom is -0.465 e. The van der Waals surface area contributed by atoms with Crippen LogP contribution in [0.5, 0.6) is 0 Å². The molecule has 0 atom stereocenters. The number of esters is 1. The van der Waals surface area contributed by atoms with Gasteiger partial charge in [0.05, 0.1) is 7.11 Å². The Kier molecular flexibility index (Phi) is 9.10. The summed E-state index contributed by atoms with van der Waals surface area (Å²) in [6, 6.07) is 9.90. The van der Waals surface area contributed by atoms with E-state index >= 15 is 0 Å². The van der Waals surface area contributed by atoms with Crippen molar-refractivity contribution in [2.75, 3.05) is 60.2 Å². The molecule has 0 aliphatic carbocycles. The minimum absolute atomic E-state index is 0.0349. The van der Waals surface area contributed by atoms with Crippen LogP contribution in [0.2, 0.25) is 0 Å². The molecule has 0 saturated carbocycles. The van der Waals surface area contributed by atoms with E-state index in [1.165, 1.54) is 23.9 Å². The monoisotopic (exact) mass is 543 g/mol. The number of methoxy groups -OCH3 is 1. The Labute approximate surface area is 237 Å². The maximum absolute atomic E-state index is 12.2. The van der Waals surface area contributed by atoms with Crippen molar-refractivity contribution in [2.24, 2.45) is 0 Å². The maximum Gasteiger partial charge on any atom is 0.341 e. The molecule has 1 fully saturated rings. The van der Waals surface area contributed by atoms with E-state index in [4.69, 9.17) is 10.5 Å². The molecule has 2 N–H and O–H groups in total. The van der Waals surface area contributed by atoms with E-state index in [9.17, 15) is 9.59 Å². The molecule has 1 amide bonds. The first-order valence-electron chi connectivity index (χ1n) is 13.8. The van der Waals surface area contributed by atoms with Gasteiger partial charge in [0.1, 0.15) is 11.4 Å². The number of amides is 1. The molecular formula is C32H41N5O3. The summed E-state index contributed by atoms with van der Waals surface area (Å²) in [7, 11) is 6.98. The van der Waals surface area contributed by atoms with Crippen molar-refractivity contribution in [2.45, 2.75) is 32.6 Å². The molecule has 0 spiro atoms. The van der Waals surface area contributed by atoms with E-state index in [1.807, 2.05) is 12.1 Å². The van der Waals surface area contributed by atoms with Gasteiger partial charge in [0.15, 0.2) is 0 Å². The molecule has 1 aromatic carbocycles. The molecule has 0 radical (unpaired) electrons. The van der Waals surface area contributed by atoms with Crippen molar-refractivity contribution >= 4 is 23.3 Å². The Morgan fingerprint density at radius 2 is 1.85 bits per heavy atom. The zero-order valence-corrected chi connectivity index (χ0v) is 24.5. The third-order valence-corrected chi connectivity index (χ3v) is 7.94. The number of pyridine rings is 1. The van der Waals surface area contributed by atoms with E-state index in [2.05, 4.69) is 60.0 Å². The van der Waals surface area contributed by atoms with Crippen LogP contribution in [-0.2, 0) is 4.74 Å². The molecule has 1 aromatic heterocycles. The summed E-state index contributed by atoms with van der Waals surface area (Å²) >= 11 is 0. The molecule has 0 unspecified atom stereocenters. The SMILES string of the molecule is COC(=O)c1cc(C2=CCN(C)C(C)=C2/C=C(\C)CN2CCC(c3ccc(C(=O)N(C)C)cc3)CC2)cnc1N. The maximum atomic E-state index is 12.2. The molecule has 4 rings (SSSR count). The van der Waals surface area contributed by atoms with Crippen LogP contribution in [0.1, 0.15) is 64.4 Å². The lowest BCUT2D eigenvalue weighted by atomic mass is 9.88. The van der Waals surface area contributed by atoms with Crippen LogP contribution in [0, 0.1) is 0 Å². The molecule has 8 nitrogen and oxygen atoms in total. The molecule has 0 bridgehead atoms. The molecule has 1 saturated heterocycles. The van der Waals surface area contributed by atoms with Crippen LogP contribution < -0.4 is 5.73 Å². The van der Waals surface area contributed by atoms with Gasteiger partial charge in [-0.15, -0.1) is 0 Å². The summed E-state index contributed by atoms with van der Waals surface area (Å²) in [6.45, 7) is 8.02. The Bertz CT molecular complexity index is 1350. The summed E-state index contributed by atoms with van der Waals surface area (Å²) in [5.74, 6) is 0.223. The van der Waals surface area contributed by atoms with E-state index in [1.54, 1.807) is 31.3 Å². The second-order valence-electron chi connectivity index (χ2n) is 11.0. The van der Waals surface area contributed by atoms with Gasteiger partial charge < -0.3 is 20.3 Å². The minimum atomic E-state index is -0.490. The van der Waals surface area contributed by atoms with Gasteiger partial charge in [0.25, 0.3) is 5.91 Å². The lowest BCUT2D eigenvalue weighted by Gasteiger charge is -2.33. The van der Waals surface area contributed by atoms with Gasteiger partial charge in [-0.05, 0) is 75.0 Å². The summed E-state index contributed by atoms with van der Waals surface area (Å²) < 4.78 is 4.90. The number of carbonyl (C=O) groups is 2. The summed E-state index contributed by atoms with van der Waals surface area (Å²) in [6.07, 6.45) is 8.35. The van der Waals surface area contributed by atoms with Crippen molar-refractivity contribution in [3.05, 3.63) is 87.8 Å². The van der Waals surface area contributed by atoms with E-state index in [-0.39, 0.29) is 17.3 Å². The predicted octanol–water partition coefficient (Wildman–Crippen LogP) is 4.58. The molecule has 8 heteroatoms. The zero-order chi connectivity index (χ0) is 29.0. The number of nitrogens with two attached hydrogens (primary N) is 1. The quantitative estimate of drug-likeness (QED) is 0.511. The summed E-state index contributed by atoms with van der Waals surface area (Å²) in [5, 5.41) is 0. The number of ether oxygens (including phenoxy) is 1. The lowest BCUT2D eigenvalue weighted by Crippen LogP contribution is -2.34. The van der Waals surface area contributed by atoms with Gasteiger partial charge >= 0.3 is 5.97 Å². The topological polar surface area (TPSA) is 92.0 Å². The van der Waals surface area contributed by atoms with E-state index < -0.39 is 5.97 Å². The van der Waals surface area contributed by atoms with Crippen LogP contribution in [0.15, 0.2) is 65.5 Å². The lowest BCUT2D eigenvalue weighted by molar-refractivity contribution is 0.0601. The second kappa shape index (κ2) is 12.5. The Balaban J connectivity index is 1.45. The fourth-order valence-electron chi connectivity index (χ4n) is 5.45. The molecular weight excluding hydrogens is 502 g/mol. The number of likely N-dealkylation sites (tertiary alicyclic amines) is 1. The number of benzene rings is 1. The number of carbonyl (C=O) groups excluding carboxylic acids is 2. The van der Waals surface area contributed by atoms with Crippen LogP contribution in [-0.4, -0.2) is 86.0 Å². The van der Waals surface area contributed by atoms with Crippen molar-refractivity contribution < 1.29 is 14.3 Å². The Morgan fingerprint density at radius 1 is 1.18 bits per heavy atom. The molecule has 3 heterocycles. The fraction of sp³-hybridized carbons (Fsp3) is 0.406. The number of anilines is 1. The number of likely N-dealkylation sites (N-methyl/N-ethyl adjacent to an activating group) is 1. The third kappa shape index (κ3) is 6.45. The van der Waals surface area contributed by atoms with Crippen LogP contribution >= 0.6 is 0 Å². The zero-order valence-electron chi connectivity index (χ0n) is 24.5. The van der Waals surface area contributed by atoms with Crippen molar-refractivity contribution in [3.63, 3.8) is 0 Å². The molecule has 212 valence electrons. The average molecular weight is 544 g/mol. The number of aromatic nitrogens is 1. The highest BCUT2D eigenvalue weighted by Crippen LogP contribution is 2.34. The summed E-state index contributed by atoms with van der Waals surface area (Å²) in [5.41, 5.74) is 13.7. The molecule has 40 heavy (non-hydrogen) atoms. The van der Waals surface area contributed by atoms with E-state index in [0.29, 0.717) is 5.92 Å². The van der Waals surface area contributed by atoms with Gasteiger partial charge in [0, 0.05) is 62.8 Å². The van der Waals surface area contributed by atoms with Gasteiger partial charge in [-0.1, -0.05) is 29.9 Å². The average Bonchev–Trinajstić information content (AvgIpc) is 2.95. The second-order valence-corrected chi connectivity index (χ2v) is 11.0. The molecule has 2 aromatic rings. The number of nitrogen functional groups attached to an aromatic ring is 1. The largest absolute Gasteiger partial charge is 0.465 e. The summed E-state index contributed by atoms with van der Waals surface area (Å²) in [4.78, 5) is 35.1. The van der Waals surface area contributed by atoms with Crippen molar-refractivity contribution in [1.82, 2.24) is 19.7 Å². The first kappa shape index (κ1) is 29.1. The standard InChI is InChI=1S/C32H41N5O3/c1-21(20-37-15-11-24(12-16-37)23-7-9-25(10-8-23)31(38)35(3)4)17-28-22(2)36(5)14-13-27(28)26-18-29(32(39)40-6)30(33)34-19-26/h7-10,13,17-19,24H,11-12,14-16,20H2,1-6H3,(H2,33,34)/b21-17+. The molecule has 2 aliphatic heterocycles. The highest BCUT2D eigenvalue weighted by molar-refractivity contribution is 5.96. The van der Waals surface area contributed by atoms with Gasteiger partial charge in [-0.2, -0.15) is 0 Å². The smallest absolute Gasteiger partial charge is 0.341 e. The van der Waals surface area contributed by atoms with Crippen molar-refractivity contribution in [1.29, 1.82) is 0 Å². The van der Waals surface area contributed by atoms with Crippen molar-refractivity contribution in [3.8, 4) is 0 Å². The first-order chi connectivity index (χ1) is 19.1. The number of nitrogens with zero attached hydrogens (tertiary/aromatic N) is 4. The Hall–Kier alpha value is -3.91. The normalized spacial score (nSPS) is 17.1. The number of rotatable bonds is 7. The van der Waals surface area contributed by atoms with Gasteiger partial charge in [0.2, 0.25) is 0 Å². The fourth-order valence-corrected chi connectivity index (χ4v) is 5.45. The highest BCUT2D eigenvalue weighted by Gasteiger charge is 2.23. The number of hydrogen-bond donors (Lipinski definition) is 1. The predicted molar refractivity (Wildman–Crippen MR) is 160 cm³/mol. The number of hydrogen-bond acceptors (Lipinski definition) is 7. The number of piperidine rings is 1. The van der Waals surface area contributed by atoms with E-state index in [0.717, 1.165) is 61.3 Å². The first-order valence-corrected chi connectivity index (χ1v) is 13.8.